The van der Waals surface area contributed by atoms with E-state index in [1.807, 2.05) is 31.2 Å². The molecule has 1 N–H and O–H groups in total. The highest BCUT2D eigenvalue weighted by atomic mass is 19.3. The van der Waals surface area contributed by atoms with Crippen LogP contribution in [0.3, 0.4) is 0 Å². The Morgan fingerprint density at radius 2 is 1.93 bits per heavy atom. The van der Waals surface area contributed by atoms with Crippen LogP contribution in [0.5, 0.6) is 0 Å². The zero-order chi connectivity index (χ0) is 21.1. The summed E-state index contributed by atoms with van der Waals surface area (Å²) >= 11 is 0. The minimum atomic E-state index is -3.13. The molecule has 2 aromatic heterocycles. The molecule has 3 rings (SSSR count). The summed E-state index contributed by atoms with van der Waals surface area (Å²) in [5, 5.41) is 21.0. The number of aromatic nitrogens is 5. The van der Waals surface area contributed by atoms with Crippen LogP contribution < -0.4 is 5.32 Å². The van der Waals surface area contributed by atoms with Gasteiger partial charge in [-0.1, -0.05) is 29.8 Å². The van der Waals surface area contributed by atoms with E-state index in [-0.39, 0.29) is 11.6 Å². The van der Waals surface area contributed by atoms with Crippen molar-refractivity contribution in [3.05, 3.63) is 63.2 Å². The van der Waals surface area contributed by atoms with Crippen molar-refractivity contribution in [2.45, 2.75) is 33.4 Å². The van der Waals surface area contributed by atoms with Gasteiger partial charge in [0.25, 0.3) is 6.43 Å². The summed E-state index contributed by atoms with van der Waals surface area (Å²) < 4.78 is 28.3. The highest BCUT2D eigenvalue weighted by Crippen LogP contribution is 2.30. The fourth-order valence-corrected chi connectivity index (χ4v) is 2.70. The number of alkyl halides is 2. The van der Waals surface area contributed by atoms with Crippen molar-refractivity contribution in [2.75, 3.05) is 5.32 Å². The number of aryl methyl sites for hydroxylation is 1. The van der Waals surface area contributed by atoms with E-state index in [1.54, 1.807) is 0 Å². The van der Waals surface area contributed by atoms with E-state index in [2.05, 4.69) is 20.5 Å². The molecule has 152 valence electrons. The summed E-state index contributed by atoms with van der Waals surface area (Å²) in [5.74, 6) is -0.630. The van der Waals surface area contributed by atoms with Gasteiger partial charge in [-0.05, 0) is 19.4 Å². The standard InChI is InChI=1S/C17H17F2N7O3/c1-10-3-5-12(6-4-10)7-24-9-20-17(23-24)21-13(27)8-25-11(2)15(26(28)29)14(22-25)16(18)19/h3-6,9,16H,7-8H2,1-2H3,(H,21,23,27). The van der Waals surface area contributed by atoms with E-state index in [9.17, 15) is 23.7 Å². The fraction of sp³-hybridized carbons (Fsp3) is 0.294. The van der Waals surface area contributed by atoms with Gasteiger partial charge < -0.3 is 0 Å². The number of nitrogens with one attached hydrogen (secondary N) is 1. The molecule has 3 aromatic rings. The Balaban J connectivity index is 1.67. The van der Waals surface area contributed by atoms with Gasteiger partial charge >= 0.3 is 5.69 Å². The Bertz CT molecular complexity index is 1040. The molecular weight excluding hydrogens is 388 g/mol. The minimum absolute atomic E-state index is 0.0236. The van der Waals surface area contributed by atoms with Crippen LogP contribution in [-0.2, 0) is 17.9 Å². The molecule has 0 radical (unpaired) electrons. The molecule has 0 aliphatic rings. The van der Waals surface area contributed by atoms with Crippen molar-refractivity contribution in [2.24, 2.45) is 0 Å². The number of nitrogens with zero attached hydrogens (tertiary/aromatic N) is 6. The lowest BCUT2D eigenvalue weighted by atomic mass is 10.1. The summed E-state index contributed by atoms with van der Waals surface area (Å²) in [7, 11) is 0. The molecule has 0 bridgehead atoms. The maximum atomic E-state index is 13.0. The predicted molar refractivity (Wildman–Crippen MR) is 97.5 cm³/mol. The van der Waals surface area contributed by atoms with E-state index in [4.69, 9.17) is 0 Å². The maximum absolute atomic E-state index is 13.0. The Morgan fingerprint density at radius 3 is 2.52 bits per heavy atom. The Labute approximate surface area is 163 Å². The fourth-order valence-electron chi connectivity index (χ4n) is 2.70. The number of anilines is 1. The first kappa shape index (κ1) is 20.0. The topological polar surface area (TPSA) is 121 Å². The third kappa shape index (κ3) is 4.59. The van der Waals surface area contributed by atoms with Crippen molar-refractivity contribution in [1.82, 2.24) is 24.5 Å². The summed E-state index contributed by atoms with van der Waals surface area (Å²) in [6, 6.07) is 7.83. The van der Waals surface area contributed by atoms with Crippen molar-refractivity contribution in [3.8, 4) is 0 Å². The molecule has 0 atom stereocenters. The van der Waals surface area contributed by atoms with Gasteiger partial charge in [0, 0.05) is 0 Å². The summed E-state index contributed by atoms with van der Waals surface area (Å²) in [4.78, 5) is 26.2. The lowest BCUT2D eigenvalue weighted by Gasteiger charge is -2.04. The molecule has 0 saturated heterocycles. The van der Waals surface area contributed by atoms with E-state index >= 15 is 0 Å². The molecule has 1 aromatic carbocycles. The predicted octanol–water partition coefficient (Wildman–Crippen LogP) is 2.62. The molecule has 0 saturated carbocycles. The molecule has 10 nitrogen and oxygen atoms in total. The monoisotopic (exact) mass is 405 g/mol. The molecule has 0 aliphatic heterocycles. The number of hydrogen-bond donors (Lipinski definition) is 1. The molecule has 1 amide bonds. The van der Waals surface area contributed by atoms with Gasteiger partial charge in [-0.25, -0.2) is 18.4 Å². The van der Waals surface area contributed by atoms with E-state index < -0.39 is 35.2 Å². The summed E-state index contributed by atoms with van der Waals surface area (Å²) in [5.41, 5.74) is 0.217. The Hall–Kier alpha value is -3.70. The lowest BCUT2D eigenvalue weighted by molar-refractivity contribution is -0.386. The van der Waals surface area contributed by atoms with E-state index in [0.29, 0.717) is 6.54 Å². The normalized spacial score (nSPS) is 11.1. The molecule has 2 heterocycles. The highest BCUT2D eigenvalue weighted by molar-refractivity contribution is 5.88. The smallest absolute Gasteiger partial charge is 0.292 e. The van der Waals surface area contributed by atoms with Gasteiger partial charge in [0.1, 0.15) is 18.6 Å². The number of carbonyl (C=O) groups is 1. The molecule has 0 spiro atoms. The van der Waals surface area contributed by atoms with Gasteiger partial charge in [0.2, 0.25) is 17.5 Å². The SMILES string of the molecule is Cc1ccc(Cn2cnc(NC(=O)Cn3nc(C(F)F)c([N+](=O)[O-])c3C)n2)cc1. The van der Waals surface area contributed by atoms with Crippen LogP contribution >= 0.6 is 0 Å². The van der Waals surface area contributed by atoms with Gasteiger partial charge in [-0.15, -0.1) is 5.10 Å². The van der Waals surface area contributed by atoms with Crippen molar-refractivity contribution in [1.29, 1.82) is 0 Å². The molecule has 0 aliphatic carbocycles. The minimum Gasteiger partial charge on any atom is -0.292 e. The van der Waals surface area contributed by atoms with Crippen LogP contribution in [0.4, 0.5) is 20.4 Å². The zero-order valence-corrected chi connectivity index (χ0v) is 15.5. The largest absolute Gasteiger partial charge is 0.319 e. The second-order valence-corrected chi connectivity index (χ2v) is 6.33. The van der Waals surface area contributed by atoms with Gasteiger partial charge in [-0.3, -0.25) is 24.9 Å². The first-order valence-electron chi connectivity index (χ1n) is 8.49. The number of rotatable bonds is 7. The molecule has 0 fully saturated rings. The lowest BCUT2D eigenvalue weighted by Crippen LogP contribution is -2.21. The van der Waals surface area contributed by atoms with Crippen molar-refractivity contribution >= 4 is 17.5 Å². The number of carbonyl (C=O) groups excluding carboxylic acids is 1. The molecule has 29 heavy (non-hydrogen) atoms. The highest BCUT2D eigenvalue weighted by Gasteiger charge is 2.31. The Morgan fingerprint density at radius 1 is 1.24 bits per heavy atom. The molecule has 0 unspecified atom stereocenters. The van der Waals surface area contributed by atoms with Crippen molar-refractivity contribution < 1.29 is 18.5 Å². The van der Waals surface area contributed by atoms with E-state index in [0.717, 1.165) is 15.8 Å². The van der Waals surface area contributed by atoms with Crippen molar-refractivity contribution in [3.63, 3.8) is 0 Å². The van der Waals surface area contributed by atoms with Gasteiger partial charge in [-0.2, -0.15) is 5.10 Å². The first-order chi connectivity index (χ1) is 13.7. The quantitative estimate of drug-likeness (QED) is 0.476. The number of benzene rings is 1. The van der Waals surface area contributed by atoms with Crippen LogP contribution in [0.25, 0.3) is 0 Å². The second kappa shape index (κ2) is 8.12. The third-order valence-corrected chi connectivity index (χ3v) is 4.14. The van der Waals surface area contributed by atoms with E-state index in [1.165, 1.54) is 17.9 Å². The zero-order valence-electron chi connectivity index (χ0n) is 15.5. The van der Waals surface area contributed by atoms with Crippen LogP contribution in [-0.4, -0.2) is 35.4 Å². The van der Waals surface area contributed by atoms with Crippen LogP contribution in [0.1, 0.15) is 28.9 Å². The van der Waals surface area contributed by atoms with Crippen LogP contribution in [0.2, 0.25) is 0 Å². The number of amides is 1. The van der Waals surface area contributed by atoms with Crippen LogP contribution in [0.15, 0.2) is 30.6 Å². The Kier molecular flexibility index (Phi) is 5.61. The number of hydrogen-bond acceptors (Lipinski definition) is 6. The summed E-state index contributed by atoms with van der Waals surface area (Å²) in [6.07, 6.45) is -1.69. The third-order valence-electron chi connectivity index (χ3n) is 4.14. The molecular formula is C17H17F2N7O3. The average Bonchev–Trinajstić information content (AvgIpc) is 3.21. The second-order valence-electron chi connectivity index (χ2n) is 6.33. The van der Waals surface area contributed by atoms with Gasteiger partial charge in [0.05, 0.1) is 11.5 Å². The maximum Gasteiger partial charge on any atom is 0.319 e. The van der Waals surface area contributed by atoms with Gasteiger partial charge in [0.15, 0.2) is 0 Å². The number of nitro groups is 1. The average molecular weight is 405 g/mol. The molecule has 12 heteroatoms. The van der Waals surface area contributed by atoms with Crippen LogP contribution in [0, 0.1) is 24.0 Å². The number of halogens is 2. The first-order valence-corrected chi connectivity index (χ1v) is 8.49. The summed E-state index contributed by atoms with van der Waals surface area (Å²) in [6.45, 7) is 3.18.